The van der Waals surface area contributed by atoms with Gasteiger partial charge >= 0.3 is 11.9 Å². The minimum absolute atomic E-state index is 0.113. The second kappa shape index (κ2) is 5.12. The van der Waals surface area contributed by atoms with Crippen molar-refractivity contribution in [1.82, 2.24) is 0 Å². The van der Waals surface area contributed by atoms with Gasteiger partial charge in [-0.2, -0.15) is 0 Å². The van der Waals surface area contributed by atoms with Gasteiger partial charge in [0, 0.05) is 5.57 Å². The highest BCUT2D eigenvalue weighted by atomic mass is 16.5. The topological polar surface area (TPSA) is 63.6 Å². The van der Waals surface area contributed by atoms with E-state index in [2.05, 4.69) is 11.3 Å². The molecule has 0 aromatic carbocycles. The predicted molar refractivity (Wildman–Crippen MR) is 42.3 cm³/mol. The number of aliphatic carboxylic acids is 1. The lowest BCUT2D eigenvalue weighted by Crippen LogP contribution is -2.08. The van der Waals surface area contributed by atoms with Gasteiger partial charge in [0.05, 0.1) is 12.7 Å². The zero-order chi connectivity index (χ0) is 9.56. The number of esters is 1. The Morgan fingerprint density at radius 1 is 1.58 bits per heavy atom. The lowest BCUT2D eigenvalue weighted by Gasteiger charge is -2.00. The van der Waals surface area contributed by atoms with Crippen molar-refractivity contribution in [3.05, 3.63) is 24.5 Å². The molecule has 0 heterocycles. The molecule has 0 rings (SSSR count). The van der Waals surface area contributed by atoms with Gasteiger partial charge in [0.15, 0.2) is 0 Å². The van der Waals surface area contributed by atoms with Gasteiger partial charge in [-0.15, -0.1) is 0 Å². The summed E-state index contributed by atoms with van der Waals surface area (Å²) in [5.74, 6) is -1.74. The van der Waals surface area contributed by atoms with E-state index in [4.69, 9.17) is 5.11 Å². The van der Waals surface area contributed by atoms with Gasteiger partial charge in [0.2, 0.25) is 0 Å². The fourth-order valence-electron chi connectivity index (χ4n) is 0.606. The van der Waals surface area contributed by atoms with Gasteiger partial charge in [-0.1, -0.05) is 12.7 Å². The minimum atomic E-state index is -1.07. The molecule has 0 atom stereocenters. The smallest absolute Gasteiger partial charge is 0.339 e. The molecule has 0 radical (unpaired) electrons. The fraction of sp³-hybridized carbons (Fsp3) is 0.250. The largest absolute Gasteiger partial charge is 0.481 e. The van der Waals surface area contributed by atoms with Crippen molar-refractivity contribution in [3.63, 3.8) is 0 Å². The highest BCUT2D eigenvalue weighted by Crippen LogP contribution is 2.03. The average Bonchev–Trinajstić information content (AvgIpc) is 2.00. The first kappa shape index (κ1) is 10.4. The van der Waals surface area contributed by atoms with E-state index in [0.717, 1.165) is 6.26 Å². The van der Waals surface area contributed by atoms with Crippen LogP contribution in [0, 0.1) is 0 Å². The van der Waals surface area contributed by atoms with Gasteiger partial charge < -0.3 is 9.84 Å². The van der Waals surface area contributed by atoms with Crippen LogP contribution in [-0.4, -0.2) is 17.0 Å². The van der Waals surface area contributed by atoms with Crippen LogP contribution < -0.4 is 0 Å². The summed E-state index contributed by atoms with van der Waals surface area (Å²) in [5, 5.41) is 8.36. The first-order chi connectivity index (χ1) is 5.61. The standard InChI is InChI=1S/C8H10O4/c1-3-6(5-7(9)10)8(11)12-4-2/h3-4H,2,5H2,1H3,(H,9,10). The van der Waals surface area contributed by atoms with Crippen molar-refractivity contribution in [2.24, 2.45) is 0 Å². The van der Waals surface area contributed by atoms with Crippen LogP contribution in [0.5, 0.6) is 0 Å². The Morgan fingerprint density at radius 2 is 2.17 bits per heavy atom. The van der Waals surface area contributed by atoms with Gasteiger partial charge in [-0.05, 0) is 6.92 Å². The number of carbonyl (C=O) groups excluding carboxylic acids is 1. The summed E-state index contributed by atoms with van der Waals surface area (Å²) in [6.45, 7) is 4.75. The fourth-order valence-corrected chi connectivity index (χ4v) is 0.606. The van der Waals surface area contributed by atoms with Crippen molar-refractivity contribution < 1.29 is 19.4 Å². The molecule has 0 saturated carbocycles. The Bertz CT molecular complexity index is 227. The van der Waals surface area contributed by atoms with E-state index < -0.39 is 11.9 Å². The molecule has 0 aliphatic rings. The molecule has 66 valence electrons. The maximum atomic E-state index is 10.9. The van der Waals surface area contributed by atoms with E-state index in [1.807, 2.05) is 0 Å². The first-order valence-electron chi connectivity index (χ1n) is 3.30. The van der Waals surface area contributed by atoms with Crippen LogP contribution in [0.3, 0.4) is 0 Å². The summed E-state index contributed by atoms with van der Waals surface area (Å²) in [5.41, 5.74) is 0.113. The van der Waals surface area contributed by atoms with E-state index in [0.29, 0.717) is 0 Å². The summed E-state index contributed by atoms with van der Waals surface area (Å²) in [7, 11) is 0. The molecular formula is C8H10O4. The van der Waals surface area contributed by atoms with Crippen LogP contribution in [0.25, 0.3) is 0 Å². The number of ether oxygens (including phenoxy) is 1. The van der Waals surface area contributed by atoms with Gasteiger partial charge in [-0.3, -0.25) is 4.79 Å². The zero-order valence-corrected chi connectivity index (χ0v) is 6.74. The van der Waals surface area contributed by atoms with Crippen molar-refractivity contribution in [2.75, 3.05) is 0 Å². The van der Waals surface area contributed by atoms with Gasteiger partial charge in [-0.25, -0.2) is 4.79 Å². The normalized spacial score (nSPS) is 10.6. The first-order valence-corrected chi connectivity index (χ1v) is 3.30. The second-order valence-electron chi connectivity index (χ2n) is 1.96. The third kappa shape index (κ3) is 3.55. The number of allylic oxidation sites excluding steroid dienone is 1. The van der Waals surface area contributed by atoms with Crippen LogP contribution in [-0.2, 0) is 14.3 Å². The highest BCUT2D eigenvalue weighted by molar-refractivity contribution is 5.93. The van der Waals surface area contributed by atoms with E-state index in [9.17, 15) is 9.59 Å². The summed E-state index contributed by atoms with van der Waals surface area (Å²) in [6.07, 6.45) is 2.04. The van der Waals surface area contributed by atoms with E-state index in [-0.39, 0.29) is 12.0 Å². The molecule has 4 nitrogen and oxygen atoms in total. The summed E-state index contributed by atoms with van der Waals surface area (Å²) >= 11 is 0. The monoisotopic (exact) mass is 170 g/mol. The van der Waals surface area contributed by atoms with Crippen molar-refractivity contribution in [1.29, 1.82) is 0 Å². The molecule has 0 saturated heterocycles. The molecule has 0 aliphatic carbocycles. The Balaban J connectivity index is 4.26. The molecule has 1 N–H and O–H groups in total. The van der Waals surface area contributed by atoms with Gasteiger partial charge in [0.25, 0.3) is 0 Å². The lowest BCUT2D eigenvalue weighted by atomic mass is 10.2. The summed E-state index contributed by atoms with van der Waals surface area (Å²) < 4.78 is 4.39. The van der Waals surface area contributed by atoms with Crippen LogP contribution >= 0.6 is 0 Å². The Labute approximate surface area is 70.1 Å². The zero-order valence-electron chi connectivity index (χ0n) is 6.74. The van der Waals surface area contributed by atoms with E-state index in [1.165, 1.54) is 6.08 Å². The number of hydrogen-bond acceptors (Lipinski definition) is 3. The molecule has 4 heteroatoms. The van der Waals surface area contributed by atoms with Crippen LogP contribution in [0.1, 0.15) is 13.3 Å². The highest BCUT2D eigenvalue weighted by Gasteiger charge is 2.12. The Morgan fingerprint density at radius 3 is 2.50 bits per heavy atom. The number of rotatable bonds is 4. The Hall–Kier alpha value is -1.58. The van der Waals surface area contributed by atoms with Crippen LogP contribution in [0.4, 0.5) is 0 Å². The molecule has 0 aliphatic heterocycles. The quantitative estimate of drug-likeness (QED) is 0.389. The number of hydrogen-bond donors (Lipinski definition) is 1. The molecule has 12 heavy (non-hydrogen) atoms. The SMILES string of the molecule is C=COC(=O)C(=CC)CC(=O)O. The van der Waals surface area contributed by atoms with E-state index >= 15 is 0 Å². The molecule has 0 unspecified atom stereocenters. The van der Waals surface area contributed by atoms with Crippen molar-refractivity contribution >= 4 is 11.9 Å². The van der Waals surface area contributed by atoms with E-state index in [1.54, 1.807) is 6.92 Å². The molecule has 0 spiro atoms. The maximum absolute atomic E-state index is 10.9. The molecular weight excluding hydrogens is 160 g/mol. The molecule has 0 bridgehead atoms. The number of carboxylic acid groups (broad SMARTS) is 1. The minimum Gasteiger partial charge on any atom is -0.481 e. The molecule has 0 aromatic rings. The third-order valence-electron chi connectivity index (χ3n) is 1.14. The lowest BCUT2D eigenvalue weighted by molar-refractivity contribution is -0.140. The molecule has 0 aromatic heterocycles. The molecule has 0 fully saturated rings. The van der Waals surface area contributed by atoms with Crippen molar-refractivity contribution in [2.45, 2.75) is 13.3 Å². The third-order valence-corrected chi connectivity index (χ3v) is 1.14. The van der Waals surface area contributed by atoms with Crippen LogP contribution in [0.15, 0.2) is 24.5 Å². The summed E-state index contributed by atoms with van der Waals surface area (Å²) in [6, 6.07) is 0. The van der Waals surface area contributed by atoms with Crippen LogP contribution in [0.2, 0.25) is 0 Å². The maximum Gasteiger partial charge on any atom is 0.339 e. The van der Waals surface area contributed by atoms with Crippen molar-refractivity contribution in [3.8, 4) is 0 Å². The van der Waals surface area contributed by atoms with Gasteiger partial charge in [0.1, 0.15) is 0 Å². The predicted octanol–water partition coefficient (Wildman–Crippen LogP) is 1.09. The second-order valence-corrected chi connectivity index (χ2v) is 1.96. The summed E-state index contributed by atoms with van der Waals surface area (Å²) in [4.78, 5) is 21.1. The average molecular weight is 170 g/mol. The Kier molecular flexibility index (Phi) is 4.45. The number of carbonyl (C=O) groups is 2. The number of carboxylic acids is 1. The molecule has 0 amide bonds.